The van der Waals surface area contributed by atoms with Crippen LogP contribution in [0.2, 0.25) is 0 Å². The third-order valence-corrected chi connectivity index (χ3v) is 5.08. The number of nitrogens with one attached hydrogen (secondary N) is 1. The summed E-state index contributed by atoms with van der Waals surface area (Å²) in [6.07, 6.45) is 4.28. The predicted molar refractivity (Wildman–Crippen MR) is 111 cm³/mol. The lowest BCUT2D eigenvalue weighted by Gasteiger charge is -2.09. The fourth-order valence-electron chi connectivity index (χ4n) is 3.56. The molecule has 1 N–H and O–H groups in total. The number of hydrogen-bond acceptors (Lipinski definition) is 6. The van der Waals surface area contributed by atoms with E-state index in [1.54, 1.807) is 12.3 Å². The number of aryl methyl sites for hydroxylation is 1. The average Bonchev–Trinajstić information content (AvgIpc) is 3.40. The van der Waals surface area contributed by atoms with E-state index < -0.39 is 5.63 Å². The zero-order valence-corrected chi connectivity index (χ0v) is 16.0. The molecule has 0 radical (unpaired) electrons. The lowest BCUT2D eigenvalue weighted by molar-refractivity contribution is -0.116. The molecule has 1 amide bonds. The van der Waals surface area contributed by atoms with Crippen molar-refractivity contribution in [1.29, 1.82) is 0 Å². The van der Waals surface area contributed by atoms with Crippen LogP contribution in [0.15, 0.2) is 75.0 Å². The van der Waals surface area contributed by atoms with E-state index >= 15 is 0 Å². The van der Waals surface area contributed by atoms with Crippen molar-refractivity contribution in [3.05, 3.63) is 82.9 Å². The summed E-state index contributed by atoms with van der Waals surface area (Å²) in [4.78, 5) is 24.9. The SMILES string of the molecule is Cc1c(CC(=O)Nn2cnnc2)c(=O)oc2cc3occ(-c4ccccc4)c3cc12. The van der Waals surface area contributed by atoms with Gasteiger partial charge in [0.15, 0.2) is 0 Å². The van der Waals surface area contributed by atoms with Gasteiger partial charge in [-0.25, -0.2) is 9.47 Å². The molecular weight excluding hydrogens is 384 g/mol. The van der Waals surface area contributed by atoms with Crippen LogP contribution >= 0.6 is 0 Å². The summed E-state index contributed by atoms with van der Waals surface area (Å²) < 4.78 is 12.5. The molecule has 8 nitrogen and oxygen atoms in total. The van der Waals surface area contributed by atoms with Crippen molar-refractivity contribution in [2.75, 3.05) is 5.43 Å². The summed E-state index contributed by atoms with van der Waals surface area (Å²) in [6.45, 7) is 1.81. The zero-order valence-electron chi connectivity index (χ0n) is 16.0. The molecule has 8 heteroatoms. The zero-order chi connectivity index (χ0) is 20.7. The second-order valence-electron chi connectivity index (χ2n) is 6.93. The molecule has 0 saturated carbocycles. The summed E-state index contributed by atoms with van der Waals surface area (Å²) in [5.41, 5.74) is 6.06. The number of amides is 1. The highest BCUT2D eigenvalue weighted by Gasteiger charge is 2.18. The van der Waals surface area contributed by atoms with Crippen LogP contribution in [-0.2, 0) is 11.2 Å². The Balaban J connectivity index is 1.60. The van der Waals surface area contributed by atoms with Crippen LogP contribution in [-0.4, -0.2) is 20.8 Å². The Kier molecular flexibility index (Phi) is 4.17. The summed E-state index contributed by atoms with van der Waals surface area (Å²) >= 11 is 0. The highest BCUT2D eigenvalue weighted by Crippen LogP contribution is 2.34. The van der Waals surface area contributed by atoms with Crippen LogP contribution in [0.5, 0.6) is 0 Å². The molecule has 0 aliphatic rings. The standard InChI is InChI=1S/C22H16N4O4/c1-13-15-7-17-18(14-5-3-2-4-6-14)10-29-19(17)9-20(15)30-22(28)16(13)8-21(27)25-26-11-23-24-12-26/h2-7,9-12H,8H2,1H3,(H,25,27). The molecule has 148 valence electrons. The molecule has 0 fully saturated rings. The largest absolute Gasteiger partial charge is 0.464 e. The number of furan rings is 1. The highest BCUT2D eigenvalue weighted by molar-refractivity contribution is 6.02. The molecule has 3 aromatic heterocycles. The smallest absolute Gasteiger partial charge is 0.340 e. The van der Waals surface area contributed by atoms with Gasteiger partial charge in [0.25, 0.3) is 0 Å². The van der Waals surface area contributed by atoms with Crippen molar-refractivity contribution in [3.63, 3.8) is 0 Å². The van der Waals surface area contributed by atoms with Gasteiger partial charge in [0.05, 0.1) is 18.2 Å². The maximum Gasteiger partial charge on any atom is 0.340 e. The van der Waals surface area contributed by atoms with Gasteiger partial charge in [0, 0.05) is 22.4 Å². The van der Waals surface area contributed by atoms with E-state index in [9.17, 15) is 9.59 Å². The number of carbonyl (C=O) groups is 1. The van der Waals surface area contributed by atoms with Gasteiger partial charge >= 0.3 is 5.63 Å². The number of carbonyl (C=O) groups excluding carboxylic acids is 1. The summed E-state index contributed by atoms with van der Waals surface area (Å²) in [5.74, 6) is -0.376. The van der Waals surface area contributed by atoms with Crippen molar-refractivity contribution in [2.45, 2.75) is 13.3 Å². The highest BCUT2D eigenvalue weighted by atomic mass is 16.4. The summed E-state index contributed by atoms with van der Waals surface area (Å²) in [5, 5.41) is 8.91. The molecule has 3 heterocycles. The van der Waals surface area contributed by atoms with Gasteiger partial charge in [0.2, 0.25) is 5.91 Å². The lowest BCUT2D eigenvalue weighted by Crippen LogP contribution is -2.26. The Labute approximate surface area is 169 Å². The van der Waals surface area contributed by atoms with E-state index in [1.165, 1.54) is 17.3 Å². The number of fused-ring (bicyclic) bond motifs is 2. The Morgan fingerprint density at radius 1 is 1.07 bits per heavy atom. The fraction of sp³-hybridized carbons (Fsp3) is 0.0909. The molecular formula is C22H16N4O4. The van der Waals surface area contributed by atoms with E-state index in [-0.39, 0.29) is 12.3 Å². The van der Waals surface area contributed by atoms with Gasteiger partial charge in [-0.2, -0.15) is 0 Å². The average molecular weight is 400 g/mol. The van der Waals surface area contributed by atoms with Gasteiger partial charge in [-0.1, -0.05) is 30.3 Å². The van der Waals surface area contributed by atoms with Crippen molar-refractivity contribution >= 4 is 27.8 Å². The number of aromatic nitrogens is 3. The van der Waals surface area contributed by atoms with E-state index in [2.05, 4.69) is 15.6 Å². The van der Waals surface area contributed by atoms with Crippen LogP contribution in [0.4, 0.5) is 0 Å². The minimum atomic E-state index is -0.548. The van der Waals surface area contributed by atoms with Crippen LogP contribution < -0.4 is 11.1 Å². The summed E-state index contributed by atoms with van der Waals surface area (Å²) in [7, 11) is 0. The van der Waals surface area contributed by atoms with Crippen LogP contribution in [0.1, 0.15) is 11.1 Å². The third-order valence-electron chi connectivity index (χ3n) is 5.08. The second kappa shape index (κ2) is 7.00. The molecule has 0 aliphatic carbocycles. The Hall–Kier alpha value is -4.20. The maximum absolute atomic E-state index is 12.5. The van der Waals surface area contributed by atoms with Gasteiger partial charge in [0.1, 0.15) is 23.8 Å². The Bertz CT molecular complexity index is 1430. The molecule has 5 aromatic rings. The van der Waals surface area contributed by atoms with Crippen LogP contribution in [0, 0.1) is 6.92 Å². The van der Waals surface area contributed by atoms with E-state index in [0.29, 0.717) is 22.3 Å². The monoisotopic (exact) mass is 400 g/mol. The molecule has 2 aromatic carbocycles. The molecule has 0 spiro atoms. The van der Waals surface area contributed by atoms with E-state index in [4.69, 9.17) is 8.83 Å². The predicted octanol–water partition coefficient (Wildman–Crippen LogP) is 3.42. The van der Waals surface area contributed by atoms with Crippen molar-refractivity contribution < 1.29 is 13.6 Å². The summed E-state index contributed by atoms with van der Waals surface area (Å²) in [6, 6.07) is 13.6. The van der Waals surface area contributed by atoms with Crippen LogP contribution in [0.25, 0.3) is 33.1 Å². The van der Waals surface area contributed by atoms with E-state index in [1.807, 2.05) is 43.3 Å². The minimum absolute atomic E-state index is 0.128. The van der Waals surface area contributed by atoms with Gasteiger partial charge < -0.3 is 8.83 Å². The first-order chi connectivity index (χ1) is 14.6. The lowest BCUT2D eigenvalue weighted by atomic mass is 9.99. The molecule has 0 aliphatic heterocycles. The minimum Gasteiger partial charge on any atom is -0.464 e. The molecule has 30 heavy (non-hydrogen) atoms. The van der Waals surface area contributed by atoms with Crippen molar-refractivity contribution in [1.82, 2.24) is 14.9 Å². The third kappa shape index (κ3) is 3.04. The molecule has 0 saturated heterocycles. The first kappa shape index (κ1) is 17.9. The molecule has 0 bridgehead atoms. The number of nitrogens with zero attached hydrogens (tertiary/aromatic N) is 3. The van der Waals surface area contributed by atoms with Crippen LogP contribution in [0.3, 0.4) is 0 Å². The number of benzene rings is 2. The van der Waals surface area contributed by atoms with Gasteiger partial charge in [-0.15, -0.1) is 10.2 Å². The normalized spacial score (nSPS) is 11.2. The topological polar surface area (TPSA) is 103 Å². The maximum atomic E-state index is 12.5. The Morgan fingerprint density at radius 3 is 2.60 bits per heavy atom. The van der Waals surface area contributed by atoms with E-state index in [0.717, 1.165) is 21.9 Å². The fourth-order valence-corrected chi connectivity index (χ4v) is 3.56. The number of rotatable bonds is 4. The van der Waals surface area contributed by atoms with Crippen molar-refractivity contribution in [2.24, 2.45) is 0 Å². The Morgan fingerprint density at radius 2 is 1.83 bits per heavy atom. The molecule has 0 unspecified atom stereocenters. The van der Waals surface area contributed by atoms with Gasteiger partial charge in [-0.05, 0) is 24.1 Å². The first-order valence-corrected chi connectivity index (χ1v) is 9.27. The van der Waals surface area contributed by atoms with Gasteiger partial charge in [-0.3, -0.25) is 10.2 Å². The molecule has 5 rings (SSSR count). The quantitative estimate of drug-likeness (QED) is 0.464. The number of hydrogen-bond donors (Lipinski definition) is 1. The van der Waals surface area contributed by atoms with Crippen molar-refractivity contribution in [3.8, 4) is 11.1 Å². The first-order valence-electron chi connectivity index (χ1n) is 9.27. The molecule has 0 atom stereocenters. The second-order valence-corrected chi connectivity index (χ2v) is 6.93.